The largest absolute Gasteiger partial charge is 0.472 e. The van der Waals surface area contributed by atoms with Crippen molar-refractivity contribution in [2.45, 2.75) is 155 Å². The van der Waals surface area contributed by atoms with E-state index in [1.165, 1.54) is 44.9 Å². The molecule has 0 aliphatic rings. The van der Waals surface area contributed by atoms with Crippen LogP contribution in [0.4, 0.5) is 0 Å². The average Bonchev–Trinajstić information content (AvgIpc) is 3.12. The highest BCUT2D eigenvalue weighted by Crippen LogP contribution is 2.43. The fourth-order valence-electron chi connectivity index (χ4n) is 4.85. The van der Waals surface area contributed by atoms with Gasteiger partial charge >= 0.3 is 19.8 Å². The summed E-state index contributed by atoms with van der Waals surface area (Å²) < 4.78 is 32.4. The van der Waals surface area contributed by atoms with Gasteiger partial charge in [0.25, 0.3) is 0 Å². The van der Waals surface area contributed by atoms with Gasteiger partial charge in [-0.2, -0.15) is 0 Å². The Balaban J connectivity index is 4.28. The molecule has 0 amide bonds. The van der Waals surface area contributed by atoms with Crippen molar-refractivity contribution in [3.63, 3.8) is 0 Å². The van der Waals surface area contributed by atoms with Crippen LogP contribution < -0.4 is 0 Å². The second-order valence-corrected chi connectivity index (χ2v) is 14.0. The van der Waals surface area contributed by atoms with Crippen molar-refractivity contribution in [2.24, 2.45) is 0 Å². The number of phosphoric ester groups is 1. The second kappa shape index (κ2) is 38.0. The van der Waals surface area contributed by atoms with E-state index in [1.54, 1.807) is 13.0 Å². The lowest BCUT2D eigenvalue weighted by Crippen LogP contribution is -2.29. The van der Waals surface area contributed by atoms with Crippen LogP contribution in [-0.2, 0) is 32.7 Å². The summed E-state index contributed by atoms with van der Waals surface area (Å²) in [6.07, 6.45) is 48.1. The first-order valence-electron chi connectivity index (χ1n) is 19.9. The molecular formula is C43H71O8P. The SMILES string of the molecule is CC/C=C\C/C=C\C/C=C\C/C=C\C/C=C\CC(=O)OC(COC(=O)CCCCCCCCC/C=C\C/C=C\CCCCC)COP(=O)(O)OCC. The predicted molar refractivity (Wildman–Crippen MR) is 216 cm³/mol. The van der Waals surface area contributed by atoms with E-state index < -0.39 is 32.5 Å². The number of unbranched alkanes of at least 4 members (excludes halogenated alkanes) is 10. The molecule has 1 N–H and O–H groups in total. The van der Waals surface area contributed by atoms with Gasteiger partial charge in [-0.3, -0.25) is 18.6 Å². The number of allylic oxidation sites excluding steroid dienone is 13. The van der Waals surface area contributed by atoms with Crippen LogP contribution in [0.25, 0.3) is 0 Å². The van der Waals surface area contributed by atoms with Gasteiger partial charge in [-0.05, 0) is 77.6 Å². The maximum atomic E-state index is 12.5. The minimum atomic E-state index is -4.31. The number of phosphoric acid groups is 1. The Hall–Kier alpha value is -2.77. The molecule has 296 valence electrons. The summed E-state index contributed by atoms with van der Waals surface area (Å²) in [5, 5.41) is 0. The van der Waals surface area contributed by atoms with E-state index in [0.717, 1.165) is 64.2 Å². The maximum absolute atomic E-state index is 12.5. The molecule has 0 aliphatic carbocycles. The number of carbonyl (C=O) groups excluding carboxylic acids is 2. The van der Waals surface area contributed by atoms with Crippen molar-refractivity contribution in [2.75, 3.05) is 19.8 Å². The average molecular weight is 747 g/mol. The standard InChI is InChI=1S/C43H71O8P/c1-4-7-9-11-13-15-17-19-21-22-24-25-27-29-31-33-35-37-42(44)48-39-41(40-50-52(46,47)49-6-3)51-43(45)38-36-34-32-30-28-26-23-20-18-16-14-12-10-8-5-2/h8,10,13-16,19-21,23,28,30,34,36,41H,4-7,9,11-12,17-18,22,24-27,29,31-33,35,37-40H2,1-3H3,(H,46,47)/b10-8-,15-13-,16-14-,21-19-,23-20-,30-28-,36-34-. The minimum absolute atomic E-state index is 0.00770. The van der Waals surface area contributed by atoms with Crippen LogP contribution in [0.15, 0.2) is 85.1 Å². The fourth-order valence-corrected chi connectivity index (χ4v) is 5.61. The van der Waals surface area contributed by atoms with E-state index in [0.29, 0.717) is 6.42 Å². The fraction of sp³-hybridized carbons (Fsp3) is 0.628. The number of esters is 2. The molecule has 8 nitrogen and oxygen atoms in total. The molecule has 0 aromatic carbocycles. The zero-order valence-electron chi connectivity index (χ0n) is 32.7. The minimum Gasteiger partial charge on any atom is -0.462 e. The monoisotopic (exact) mass is 746 g/mol. The zero-order chi connectivity index (χ0) is 38.2. The predicted octanol–water partition coefficient (Wildman–Crippen LogP) is 12.3. The summed E-state index contributed by atoms with van der Waals surface area (Å²) in [6, 6.07) is 0. The number of carbonyl (C=O) groups is 2. The third kappa shape index (κ3) is 37.0. The molecule has 0 aromatic rings. The molecule has 0 aliphatic heterocycles. The number of hydrogen-bond acceptors (Lipinski definition) is 7. The van der Waals surface area contributed by atoms with Crippen LogP contribution in [0.3, 0.4) is 0 Å². The molecule has 0 rings (SSSR count). The van der Waals surface area contributed by atoms with Gasteiger partial charge in [-0.15, -0.1) is 0 Å². The second-order valence-electron chi connectivity index (χ2n) is 12.6. The van der Waals surface area contributed by atoms with Crippen molar-refractivity contribution < 1.29 is 37.6 Å². The highest BCUT2D eigenvalue weighted by molar-refractivity contribution is 7.47. The van der Waals surface area contributed by atoms with Gasteiger partial charge < -0.3 is 14.4 Å². The van der Waals surface area contributed by atoms with Gasteiger partial charge in [0.2, 0.25) is 0 Å². The Bertz CT molecular complexity index is 1120. The molecule has 0 saturated heterocycles. The summed E-state index contributed by atoms with van der Waals surface area (Å²) in [7, 11) is -4.31. The third-order valence-corrected chi connectivity index (χ3v) is 8.78. The lowest BCUT2D eigenvalue weighted by molar-refractivity contribution is -0.160. The molecule has 0 saturated carbocycles. The number of hydrogen-bond donors (Lipinski definition) is 1. The van der Waals surface area contributed by atoms with Gasteiger partial charge in [0, 0.05) is 6.42 Å². The summed E-state index contributed by atoms with van der Waals surface area (Å²) in [5.74, 6) is -0.963. The van der Waals surface area contributed by atoms with Crippen molar-refractivity contribution in [1.82, 2.24) is 0 Å². The maximum Gasteiger partial charge on any atom is 0.472 e. The highest BCUT2D eigenvalue weighted by atomic mass is 31.2. The lowest BCUT2D eigenvalue weighted by atomic mass is 10.1. The smallest absolute Gasteiger partial charge is 0.462 e. The molecule has 2 unspecified atom stereocenters. The van der Waals surface area contributed by atoms with Crippen LogP contribution in [0, 0.1) is 0 Å². The highest BCUT2D eigenvalue weighted by Gasteiger charge is 2.25. The normalized spacial score (nSPS) is 14.3. The molecule has 0 spiro atoms. The molecule has 0 bridgehead atoms. The molecule has 0 heterocycles. The first-order valence-corrected chi connectivity index (χ1v) is 21.4. The van der Waals surface area contributed by atoms with Crippen molar-refractivity contribution >= 4 is 19.8 Å². The Labute approximate surface area is 316 Å². The molecule has 52 heavy (non-hydrogen) atoms. The lowest BCUT2D eigenvalue weighted by Gasteiger charge is -2.19. The van der Waals surface area contributed by atoms with Gasteiger partial charge in [-0.1, -0.05) is 144 Å². The molecule has 2 atom stereocenters. The Morgan fingerprint density at radius 2 is 1.04 bits per heavy atom. The molecular weight excluding hydrogens is 675 g/mol. The van der Waals surface area contributed by atoms with E-state index in [2.05, 4.69) is 80.7 Å². The number of ether oxygens (including phenoxy) is 2. The molecule has 9 heteroatoms. The van der Waals surface area contributed by atoms with E-state index in [4.69, 9.17) is 18.5 Å². The molecule has 0 radical (unpaired) electrons. The molecule has 0 fully saturated rings. The topological polar surface area (TPSA) is 108 Å². The first kappa shape index (κ1) is 49.2. The van der Waals surface area contributed by atoms with E-state index in [9.17, 15) is 19.0 Å². The Morgan fingerprint density at radius 1 is 0.558 bits per heavy atom. The van der Waals surface area contributed by atoms with Gasteiger partial charge in [0.1, 0.15) is 6.61 Å². The van der Waals surface area contributed by atoms with Crippen LogP contribution in [0.5, 0.6) is 0 Å². The van der Waals surface area contributed by atoms with Crippen LogP contribution in [-0.4, -0.2) is 42.8 Å². The van der Waals surface area contributed by atoms with Gasteiger partial charge in [0.05, 0.1) is 19.6 Å². The van der Waals surface area contributed by atoms with Crippen LogP contribution >= 0.6 is 7.82 Å². The molecule has 0 aromatic heterocycles. The third-order valence-electron chi connectivity index (χ3n) is 7.72. The van der Waals surface area contributed by atoms with Crippen LogP contribution in [0.1, 0.15) is 149 Å². The van der Waals surface area contributed by atoms with E-state index in [1.807, 2.05) is 12.2 Å². The van der Waals surface area contributed by atoms with Crippen molar-refractivity contribution in [3.05, 3.63) is 85.1 Å². The zero-order valence-corrected chi connectivity index (χ0v) is 33.6. The summed E-state index contributed by atoms with van der Waals surface area (Å²) in [5.41, 5.74) is 0. The van der Waals surface area contributed by atoms with E-state index in [-0.39, 0.29) is 26.1 Å². The van der Waals surface area contributed by atoms with E-state index >= 15 is 0 Å². The Kier molecular flexibility index (Phi) is 35.9. The van der Waals surface area contributed by atoms with Crippen molar-refractivity contribution in [3.8, 4) is 0 Å². The van der Waals surface area contributed by atoms with Crippen molar-refractivity contribution in [1.29, 1.82) is 0 Å². The summed E-state index contributed by atoms with van der Waals surface area (Å²) in [4.78, 5) is 34.6. The summed E-state index contributed by atoms with van der Waals surface area (Å²) >= 11 is 0. The van der Waals surface area contributed by atoms with Crippen LogP contribution in [0.2, 0.25) is 0 Å². The quantitative estimate of drug-likeness (QED) is 0.0295. The number of rotatable bonds is 35. The first-order chi connectivity index (χ1) is 25.3. The van der Waals surface area contributed by atoms with Gasteiger partial charge in [0.15, 0.2) is 6.10 Å². The summed E-state index contributed by atoms with van der Waals surface area (Å²) in [6.45, 7) is 5.18. The van der Waals surface area contributed by atoms with Gasteiger partial charge in [-0.25, -0.2) is 4.57 Å². The Morgan fingerprint density at radius 3 is 1.58 bits per heavy atom.